The van der Waals surface area contributed by atoms with Crippen molar-refractivity contribution in [3.63, 3.8) is 0 Å². The number of aliphatic hydroxyl groups is 1. The van der Waals surface area contributed by atoms with Crippen molar-refractivity contribution >= 4 is 27.1 Å². The number of hydrogen-bond acceptors (Lipinski definition) is 7. The Kier molecular flexibility index (Phi) is 8.53. The Hall–Kier alpha value is -2.46. The summed E-state index contributed by atoms with van der Waals surface area (Å²) in [6, 6.07) is 8.79. The van der Waals surface area contributed by atoms with Gasteiger partial charge in [0.1, 0.15) is 15.6 Å². The number of nitrogens with two attached hydrogens (primary N) is 1. The quantitative estimate of drug-likeness (QED) is 0.328. The molecule has 1 fully saturated rings. The molecule has 1 saturated carbocycles. The molecule has 1 aromatic heterocycles. The van der Waals surface area contributed by atoms with Crippen LogP contribution >= 0.6 is 11.3 Å². The van der Waals surface area contributed by atoms with Gasteiger partial charge in [0.2, 0.25) is 0 Å². The van der Waals surface area contributed by atoms with Gasteiger partial charge in [0.05, 0.1) is 21.8 Å². The van der Waals surface area contributed by atoms with Crippen molar-refractivity contribution in [2.24, 2.45) is 5.73 Å². The van der Waals surface area contributed by atoms with Crippen molar-refractivity contribution in [3.05, 3.63) is 70.6 Å². The van der Waals surface area contributed by atoms with Crippen molar-refractivity contribution in [2.75, 3.05) is 0 Å². The molecule has 1 unspecified atom stereocenters. The van der Waals surface area contributed by atoms with E-state index in [1.54, 1.807) is 26.8 Å². The Bertz CT molecular complexity index is 1480. The molecule has 2 heterocycles. The lowest BCUT2D eigenvalue weighted by atomic mass is 9.69. The zero-order chi connectivity index (χ0) is 30.3. The molecule has 2 aromatic rings. The molecule has 9 heteroatoms. The predicted octanol–water partition coefficient (Wildman–Crippen LogP) is 5.82. The van der Waals surface area contributed by atoms with Gasteiger partial charge in [0, 0.05) is 5.54 Å². The van der Waals surface area contributed by atoms with E-state index in [2.05, 4.69) is 30.4 Å². The fourth-order valence-corrected chi connectivity index (χ4v) is 9.21. The van der Waals surface area contributed by atoms with E-state index in [1.807, 2.05) is 24.3 Å². The zero-order valence-electron chi connectivity index (χ0n) is 25.1. The average molecular weight is 613 g/mol. The van der Waals surface area contributed by atoms with Gasteiger partial charge in [-0.05, 0) is 107 Å². The maximum atomic E-state index is 13.5. The number of aryl methyl sites for hydroxylation is 1. The lowest BCUT2D eigenvalue weighted by Gasteiger charge is -2.48. The van der Waals surface area contributed by atoms with Gasteiger partial charge in [-0.15, -0.1) is 11.3 Å². The van der Waals surface area contributed by atoms with E-state index >= 15 is 0 Å². The summed E-state index contributed by atoms with van der Waals surface area (Å²) in [6.45, 7) is 7.07. The SMILES string of the molecule is CCc1ccc2c(c1)[C@@H](C[C@@H](O)C(C[C@]1(N)C=CC=CC1)NC(=O)c1ccc(S(=O)(=O)C(C)(C)C)s1)CC1(CCC1)O2. The Morgan fingerprint density at radius 1 is 1.21 bits per heavy atom. The molecule has 0 radical (unpaired) electrons. The maximum absolute atomic E-state index is 13.5. The molecule has 1 aromatic carbocycles. The van der Waals surface area contributed by atoms with Crippen LogP contribution in [0.2, 0.25) is 0 Å². The van der Waals surface area contributed by atoms with Crippen LogP contribution in [-0.4, -0.2) is 47.5 Å². The number of benzene rings is 1. The summed E-state index contributed by atoms with van der Waals surface area (Å²) in [5, 5.41) is 14.9. The minimum absolute atomic E-state index is 0.0794. The van der Waals surface area contributed by atoms with Gasteiger partial charge in [-0.3, -0.25) is 4.79 Å². The number of ether oxygens (including phenoxy) is 1. The van der Waals surface area contributed by atoms with E-state index in [-0.39, 0.29) is 20.6 Å². The topological polar surface area (TPSA) is 119 Å². The molecule has 0 saturated heterocycles. The number of sulfone groups is 1. The normalized spacial score (nSPS) is 24.4. The number of thiophene rings is 1. The summed E-state index contributed by atoms with van der Waals surface area (Å²) in [6.07, 6.45) is 13.2. The first-order valence-electron chi connectivity index (χ1n) is 15.0. The highest BCUT2D eigenvalue weighted by Crippen LogP contribution is 2.51. The van der Waals surface area contributed by atoms with Gasteiger partial charge in [0.15, 0.2) is 9.84 Å². The Labute approximate surface area is 254 Å². The van der Waals surface area contributed by atoms with Gasteiger partial charge < -0.3 is 20.9 Å². The molecule has 3 aliphatic rings. The van der Waals surface area contributed by atoms with Crippen LogP contribution < -0.4 is 15.8 Å². The molecular formula is C33H44N2O5S2. The van der Waals surface area contributed by atoms with Crippen LogP contribution in [0.15, 0.2) is 58.8 Å². The third kappa shape index (κ3) is 6.25. The number of rotatable bonds is 9. The van der Waals surface area contributed by atoms with Crippen molar-refractivity contribution in [1.29, 1.82) is 0 Å². The zero-order valence-corrected chi connectivity index (χ0v) is 26.7. The monoisotopic (exact) mass is 612 g/mol. The van der Waals surface area contributed by atoms with Crippen LogP contribution in [0.3, 0.4) is 0 Å². The molecule has 0 bridgehead atoms. The number of aliphatic hydroxyl groups excluding tert-OH is 1. The largest absolute Gasteiger partial charge is 0.487 e. The first kappa shape index (κ1) is 31.0. The van der Waals surface area contributed by atoms with E-state index in [9.17, 15) is 18.3 Å². The summed E-state index contributed by atoms with van der Waals surface area (Å²) >= 11 is 0.960. The number of carbonyl (C=O) groups excluding carboxylic acids is 1. The molecule has 42 heavy (non-hydrogen) atoms. The number of fused-ring (bicyclic) bond motifs is 1. The molecule has 228 valence electrons. The van der Waals surface area contributed by atoms with E-state index < -0.39 is 38.2 Å². The minimum Gasteiger partial charge on any atom is -0.487 e. The molecule has 4 N–H and O–H groups in total. The summed E-state index contributed by atoms with van der Waals surface area (Å²) in [7, 11) is -3.59. The van der Waals surface area contributed by atoms with Crippen molar-refractivity contribution < 1.29 is 23.1 Å². The first-order valence-corrected chi connectivity index (χ1v) is 17.3. The fourth-order valence-electron chi connectivity index (χ4n) is 6.26. The molecule has 5 rings (SSSR count). The highest BCUT2D eigenvalue weighted by molar-refractivity contribution is 7.94. The summed E-state index contributed by atoms with van der Waals surface area (Å²) in [5.74, 6) is 0.572. The molecule has 4 atom stereocenters. The number of carbonyl (C=O) groups is 1. The van der Waals surface area contributed by atoms with Crippen molar-refractivity contribution in [2.45, 2.75) is 117 Å². The van der Waals surface area contributed by atoms with Gasteiger partial charge in [0.25, 0.3) is 5.91 Å². The maximum Gasteiger partial charge on any atom is 0.261 e. The summed E-state index contributed by atoms with van der Waals surface area (Å²) in [4.78, 5) is 13.8. The fraction of sp³-hybridized carbons (Fsp3) is 0.545. The van der Waals surface area contributed by atoms with E-state index in [0.29, 0.717) is 19.3 Å². The minimum atomic E-state index is -3.59. The highest BCUT2D eigenvalue weighted by atomic mass is 32.2. The standard InChI is InChI=1S/C33H44N2O5S2/c1-5-22-10-11-27-24(18-22)23(20-33(40-27)16-9-17-33)19-26(36)25(21-32(34)14-7-6-8-15-32)35-30(37)28-12-13-29(41-28)42(38,39)31(2,3)4/h6-8,10-14,18,23,25-26,36H,5,9,15-17,19-21,34H2,1-4H3,(H,35,37)/t23-,25?,26+,32-/m0/s1. The predicted molar refractivity (Wildman–Crippen MR) is 168 cm³/mol. The number of nitrogens with one attached hydrogen (secondary N) is 1. The molecule has 1 spiro atoms. The second kappa shape index (κ2) is 11.6. The number of hydrogen-bond donors (Lipinski definition) is 3. The summed E-state index contributed by atoms with van der Waals surface area (Å²) < 4.78 is 31.6. The van der Waals surface area contributed by atoms with E-state index in [4.69, 9.17) is 10.5 Å². The van der Waals surface area contributed by atoms with Gasteiger partial charge in [-0.25, -0.2) is 8.42 Å². The van der Waals surface area contributed by atoms with Crippen molar-refractivity contribution in [1.82, 2.24) is 5.32 Å². The number of allylic oxidation sites excluding steroid dienone is 2. The van der Waals surface area contributed by atoms with Crippen LogP contribution in [0.5, 0.6) is 5.75 Å². The lowest BCUT2D eigenvalue weighted by Crippen LogP contribution is -2.52. The molecule has 2 aliphatic carbocycles. The Morgan fingerprint density at radius 3 is 2.60 bits per heavy atom. The van der Waals surface area contributed by atoms with Crippen LogP contribution in [0.25, 0.3) is 0 Å². The Morgan fingerprint density at radius 2 is 1.98 bits per heavy atom. The second-order valence-corrected chi connectivity index (χ2v) is 17.3. The van der Waals surface area contributed by atoms with Gasteiger partial charge in [-0.1, -0.05) is 43.4 Å². The van der Waals surface area contributed by atoms with E-state index in [0.717, 1.165) is 54.8 Å². The molecular weight excluding hydrogens is 569 g/mol. The highest BCUT2D eigenvalue weighted by Gasteiger charge is 2.46. The van der Waals surface area contributed by atoms with Gasteiger partial charge >= 0.3 is 0 Å². The lowest BCUT2D eigenvalue weighted by molar-refractivity contribution is -0.0394. The number of amides is 1. The average Bonchev–Trinajstić information content (AvgIpc) is 3.42. The third-order valence-electron chi connectivity index (χ3n) is 9.09. The van der Waals surface area contributed by atoms with E-state index in [1.165, 1.54) is 11.6 Å². The summed E-state index contributed by atoms with van der Waals surface area (Å²) in [5.41, 5.74) is 8.19. The van der Waals surface area contributed by atoms with Crippen molar-refractivity contribution in [3.8, 4) is 5.75 Å². The van der Waals surface area contributed by atoms with Crippen LogP contribution in [0, 0.1) is 0 Å². The smallest absolute Gasteiger partial charge is 0.261 e. The van der Waals surface area contributed by atoms with Crippen LogP contribution in [-0.2, 0) is 16.3 Å². The second-order valence-electron chi connectivity index (χ2n) is 13.3. The molecule has 7 nitrogen and oxygen atoms in total. The molecule has 1 amide bonds. The first-order chi connectivity index (χ1) is 19.7. The van der Waals surface area contributed by atoms with Crippen LogP contribution in [0.4, 0.5) is 0 Å². The molecule has 1 aliphatic heterocycles. The third-order valence-corrected chi connectivity index (χ3v) is 13.2. The Balaban J connectivity index is 1.40. The van der Waals surface area contributed by atoms with Gasteiger partial charge in [-0.2, -0.15) is 0 Å². The van der Waals surface area contributed by atoms with Crippen LogP contribution in [0.1, 0.15) is 99.4 Å².